The van der Waals surface area contributed by atoms with E-state index in [9.17, 15) is 9.18 Å². The Hall–Kier alpha value is -0.890. The van der Waals surface area contributed by atoms with Crippen molar-refractivity contribution in [2.45, 2.75) is 31.7 Å². The van der Waals surface area contributed by atoms with E-state index in [2.05, 4.69) is 32.6 Å². The molecule has 1 aliphatic rings. The molecule has 0 bridgehead atoms. The van der Waals surface area contributed by atoms with Crippen LogP contribution in [0.15, 0.2) is 18.2 Å². The zero-order valence-corrected chi connectivity index (χ0v) is 15.8. The van der Waals surface area contributed by atoms with Gasteiger partial charge in [-0.15, -0.1) is 0 Å². The van der Waals surface area contributed by atoms with Gasteiger partial charge in [-0.25, -0.2) is 4.39 Å². The second kappa shape index (κ2) is 8.82. The molecule has 0 unspecified atom stereocenters. The maximum Gasteiger partial charge on any atom is 0.319 e. The summed E-state index contributed by atoms with van der Waals surface area (Å²) in [5.74, 6) is 0.184. The van der Waals surface area contributed by atoms with Crippen molar-refractivity contribution in [3.8, 4) is 0 Å². The summed E-state index contributed by atoms with van der Waals surface area (Å²) in [6.07, 6.45) is 4.28. The van der Waals surface area contributed by atoms with Gasteiger partial charge in [0.15, 0.2) is 0 Å². The first-order chi connectivity index (χ1) is 11.0. The summed E-state index contributed by atoms with van der Waals surface area (Å²) in [6.45, 7) is 1.14. The number of carbonyl (C=O) groups is 1. The van der Waals surface area contributed by atoms with E-state index < -0.39 is 0 Å². The van der Waals surface area contributed by atoms with E-state index in [4.69, 9.17) is 0 Å². The highest BCUT2D eigenvalue weighted by Crippen LogP contribution is 2.27. The zero-order chi connectivity index (χ0) is 16.8. The Kier molecular flexibility index (Phi) is 7.08. The lowest BCUT2D eigenvalue weighted by Crippen LogP contribution is -2.38. The van der Waals surface area contributed by atoms with Crippen LogP contribution in [0.4, 0.5) is 10.1 Å². The van der Waals surface area contributed by atoms with Crippen molar-refractivity contribution in [1.82, 2.24) is 5.32 Å². The third kappa shape index (κ3) is 5.60. The maximum absolute atomic E-state index is 14.0. The summed E-state index contributed by atoms with van der Waals surface area (Å²) in [6, 6.07) is 5.73. The molecule has 0 saturated heterocycles. The van der Waals surface area contributed by atoms with Gasteiger partial charge in [0, 0.05) is 23.2 Å². The van der Waals surface area contributed by atoms with Crippen LogP contribution in [-0.4, -0.2) is 39.3 Å². The van der Waals surface area contributed by atoms with Crippen molar-refractivity contribution >= 4 is 34.2 Å². The third-order valence-electron chi connectivity index (χ3n) is 4.46. The number of rotatable bonds is 6. The number of halogens is 2. The monoisotopic (exact) mass is 434 g/mol. The average molecular weight is 434 g/mol. The first-order valence-corrected chi connectivity index (χ1v) is 9.04. The molecule has 0 atom stereocenters. The second-order valence-corrected chi connectivity index (χ2v) is 7.40. The molecule has 1 aromatic carbocycles. The molecule has 1 aliphatic carbocycles. The smallest absolute Gasteiger partial charge is 0.319 e. The maximum atomic E-state index is 14.0. The van der Waals surface area contributed by atoms with E-state index >= 15 is 0 Å². The van der Waals surface area contributed by atoms with Crippen molar-refractivity contribution < 1.29 is 13.9 Å². The topological polar surface area (TPSA) is 41.6 Å². The molecule has 6 heteroatoms. The van der Waals surface area contributed by atoms with Crippen molar-refractivity contribution in [3.05, 3.63) is 27.6 Å². The Bertz CT molecular complexity index is 533. The number of benzene rings is 1. The highest BCUT2D eigenvalue weighted by atomic mass is 127. The van der Waals surface area contributed by atoms with Crippen molar-refractivity contribution in [2.24, 2.45) is 5.92 Å². The summed E-state index contributed by atoms with van der Waals surface area (Å²) in [5, 5.41) is 3.24. The van der Waals surface area contributed by atoms with Gasteiger partial charge in [-0.05, 0) is 72.4 Å². The number of anilines is 1. The van der Waals surface area contributed by atoms with E-state index in [0.29, 0.717) is 17.6 Å². The van der Waals surface area contributed by atoms with E-state index in [1.807, 2.05) is 24.1 Å². The Labute approximate surface area is 150 Å². The van der Waals surface area contributed by atoms with Crippen molar-refractivity contribution in [3.63, 3.8) is 0 Å². The van der Waals surface area contributed by atoms with Crippen LogP contribution in [0.1, 0.15) is 25.7 Å². The first kappa shape index (κ1) is 18.4. The predicted octanol–water partition coefficient (Wildman–Crippen LogP) is 3.19. The lowest BCUT2D eigenvalue weighted by atomic mass is 9.85. The number of ether oxygens (including phenoxy) is 1. The van der Waals surface area contributed by atoms with Gasteiger partial charge >= 0.3 is 5.97 Å². The van der Waals surface area contributed by atoms with E-state index in [0.717, 1.165) is 35.8 Å². The van der Waals surface area contributed by atoms with Gasteiger partial charge in [0.05, 0.1) is 19.3 Å². The molecule has 2 rings (SSSR count). The van der Waals surface area contributed by atoms with Crippen LogP contribution in [0, 0.1) is 15.3 Å². The standard InChI is InChI=1S/C17H24FIN2O2/c1-21(16-8-5-13(19)9-15(16)18)11-12-3-6-14(7-4-12)20-10-17(22)23-2/h5,8-9,12,14,20H,3-4,6-7,10-11H2,1-2H3. The summed E-state index contributed by atoms with van der Waals surface area (Å²) in [4.78, 5) is 13.2. The Balaban J connectivity index is 1.78. The van der Waals surface area contributed by atoms with Crippen LogP contribution < -0.4 is 10.2 Å². The molecule has 1 aromatic rings. The average Bonchev–Trinajstić information content (AvgIpc) is 2.53. The lowest BCUT2D eigenvalue weighted by molar-refractivity contribution is -0.139. The van der Waals surface area contributed by atoms with Gasteiger partial charge in [0.1, 0.15) is 5.82 Å². The van der Waals surface area contributed by atoms with Gasteiger partial charge in [0.2, 0.25) is 0 Å². The number of esters is 1. The number of nitrogens with zero attached hydrogens (tertiary/aromatic N) is 1. The molecule has 0 spiro atoms. The predicted molar refractivity (Wildman–Crippen MR) is 98.2 cm³/mol. The summed E-state index contributed by atoms with van der Waals surface area (Å²) < 4.78 is 19.6. The van der Waals surface area contributed by atoms with Gasteiger partial charge in [0.25, 0.3) is 0 Å². The van der Waals surface area contributed by atoms with Gasteiger partial charge in [-0.1, -0.05) is 0 Å². The molecule has 0 amide bonds. The summed E-state index contributed by atoms with van der Waals surface area (Å²) in [7, 11) is 3.35. The number of nitrogens with one attached hydrogen (secondary N) is 1. The minimum absolute atomic E-state index is 0.159. The number of hydrogen-bond donors (Lipinski definition) is 1. The Morgan fingerprint density at radius 3 is 2.70 bits per heavy atom. The van der Waals surface area contributed by atoms with Crippen molar-refractivity contribution in [2.75, 3.05) is 32.1 Å². The quantitative estimate of drug-likeness (QED) is 0.552. The minimum Gasteiger partial charge on any atom is -0.468 e. The molecule has 0 heterocycles. The fourth-order valence-electron chi connectivity index (χ4n) is 3.13. The Morgan fingerprint density at radius 2 is 2.09 bits per heavy atom. The van der Waals surface area contributed by atoms with Gasteiger partial charge in [-0.3, -0.25) is 4.79 Å². The lowest BCUT2D eigenvalue weighted by Gasteiger charge is -2.32. The SMILES string of the molecule is COC(=O)CNC1CCC(CN(C)c2ccc(I)cc2F)CC1. The molecule has 23 heavy (non-hydrogen) atoms. The van der Waals surface area contributed by atoms with Crippen LogP contribution in [0.5, 0.6) is 0 Å². The minimum atomic E-state index is -0.221. The van der Waals surface area contributed by atoms with Crippen LogP contribution in [0.3, 0.4) is 0 Å². The summed E-state index contributed by atoms with van der Waals surface area (Å²) in [5.41, 5.74) is 0.663. The first-order valence-electron chi connectivity index (χ1n) is 7.96. The fraction of sp³-hybridized carbons (Fsp3) is 0.588. The van der Waals surface area contributed by atoms with E-state index in [1.54, 1.807) is 6.07 Å². The molecule has 1 N–H and O–H groups in total. The van der Waals surface area contributed by atoms with Crippen LogP contribution in [-0.2, 0) is 9.53 Å². The van der Waals surface area contributed by atoms with E-state index in [1.165, 1.54) is 7.11 Å². The number of carbonyl (C=O) groups excluding carboxylic acids is 1. The fourth-order valence-corrected chi connectivity index (χ4v) is 3.58. The number of methoxy groups -OCH3 is 1. The van der Waals surface area contributed by atoms with E-state index in [-0.39, 0.29) is 18.3 Å². The normalized spacial score (nSPS) is 21.0. The van der Waals surface area contributed by atoms with Crippen LogP contribution in [0.2, 0.25) is 0 Å². The second-order valence-electron chi connectivity index (χ2n) is 6.15. The molecule has 1 saturated carbocycles. The Morgan fingerprint density at radius 1 is 1.39 bits per heavy atom. The molecular weight excluding hydrogens is 410 g/mol. The summed E-state index contributed by atoms with van der Waals surface area (Å²) >= 11 is 2.12. The highest BCUT2D eigenvalue weighted by molar-refractivity contribution is 14.1. The molecule has 0 radical (unpaired) electrons. The third-order valence-corrected chi connectivity index (χ3v) is 5.13. The highest BCUT2D eigenvalue weighted by Gasteiger charge is 2.23. The molecule has 4 nitrogen and oxygen atoms in total. The van der Waals surface area contributed by atoms with Gasteiger partial charge in [-0.2, -0.15) is 0 Å². The van der Waals surface area contributed by atoms with Gasteiger partial charge < -0.3 is 15.0 Å². The van der Waals surface area contributed by atoms with Crippen molar-refractivity contribution in [1.29, 1.82) is 0 Å². The van der Waals surface area contributed by atoms with Crippen LogP contribution >= 0.6 is 22.6 Å². The molecule has 1 fully saturated rings. The molecule has 0 aliphatic heterocycles. The zero-order valence-electron chi connectivity index (χ0n) is 13.6. The van der Waals surface area contributed by atoms with Crippen LogP contribution in [0.25, 0.3) is 0 Å². The largest absolute Gasteiger partial charge is 0.468 e. The molecule has 128 valence electrons. The number of hydrogen-bond acceptors (Lipinski definition) is 4. The molecule has 0 aromatic heterocycles. The molecular formula is C17H24FIN2O2.